The number of aromatic nitrogens is 2. The van der Waals surface area contributed by atoms with Gasteiger partial charge in [-0.1, -0.05) is 29.4 Å². The lowest BCUT2D eigenvalue weighted by atomic mass is 10.2. The minimum atomic E-state index is -4.78. The molecular weight excluding hydrogens is 768 g/mol. The second-order valence-electron chi connectivity index (χ2n) is 11.4. The molecule has 280 valence electrons. The van der Waals surface area contributed by atoms with Crippen LogP contribution in [0.1, 0.15) is 17.0 Å². The summed E-state index contributed by atoms with van der Waals surface area (Å²) in [5.41, 5.74) is -1.06. The number of benzene rings is 3. The zero-order chi connectivity index (χ0) is 38.1. The highest BCUT2D eigenvalue weighted by atomic mass is 35.7. The van der Waals surface area contributed by atoms with Crippen LogP contribution in [-0.4, -0.2) is 87.6 Å². The number of amides is 1. The van der Waals surface area contributed by atoms with Crippen molar-refractivity contribution in [2.24, 2.45) is 0 Å². The lowest BCUT2D eigenvalue weighted by Crippen LogP contribution is -2.50. The van der Waals surface area contributed by atoms with Crippen molar-refractivity contribution in [2.75, 3.05) is 44.2 Å². The van der Waals surface area contributed by atoms with E-state index in [9.17, 15) is 48.0 Å². The molecule has 1 amide bonds. The van der Waals surface area contributed by atoms with Crippen molar-refractivity contribution < 1.29 is 57.2 Å². The number of nitrogens with zero attached hydrogens (tertiary/aromatic N) is 5. The summed E-state index contributed by atoms with van der Waals surface area (Å²) in [4.78, 5) is 18.4. The van der Waals surface area contributed by atoms with E-state index in [-0.39, 0.29) is 13.1 Å². The lowest BCUT2D eigenvalue weighted by Gasteiger charge is -2.35. The SMILES string of the molecule is Cc1nc(-c2ccc(N3CC(CN4CCN(S(=O)(=O)c5ccccc5C(F)(F)F)CC4)OC3=O)cc2)no1.O=S(=O)(Cl)c1ccccc1C(F)(F)F. The van der Waals surface area contributed by atoms with Gasteiger partial charge in [0.05, 0.1) is 27.5 Å². The second-order valence-corrected chi connectivity index (χ2v) is 15.9. The Labute approximate surface area is 298 Å². The zero-order valence-electron chi connectivity index (χ0n) is 26.8. The average molecular weight is 796 g/mol. The van der Waals surface area contributed by atoms with Crippen molar-refractivity contribution in [2.45, 2.75) is 35.2 Å². The monoisotopic (exact) mass is 795 g/mol. The van der Waals surface area contributed by atoms with E-state index in [2.05, 4.69) is 10.1 Å². The largest absolute Gasteiger partial charge is 0.443 e. The number of carbonyl (C=O) groups is 1. The Morgan fingerprint density at radius 2 is 1.35 bits per heavy atom. The molecule has 1 unspecified atom stereocenters. The first-order chi connectivity index (χ1) is 24.2. The van der Waals surface area contributed by atoms with Crippen molar-refractivity contribution in [1.29, 1.82) is 0 Å². The molecule has 0 bridgehead atoms. The topological polar surface area (TPSA) is 143 Å². The van der Waals surface area contributed by atoms with Crippen LogP contribution in [0.15, 0.2) is 87.1 Å². The molecule has 0 radical (unpaired) electrons. The van der Waals surface area contributed by atoms with Gasteiger partial charge in [-0.05, 0) is 48.5 Å². The number of sulfonamides is 1. The molecular formula is C31H28ClF6N5O7S2. The molecule has 0 saturated carbocycles. The molecule has 12 nitrogen and oxygen atoms in total. The highest BCUT2D eigenvalue weighted by molar-refractivity contribution is 8.13. The molecule has 0 N–H and O–H groups in total. The van der Waals surface area contributed by atoms with Crippen LogP contribution in [-0.2, 0) is 36.2 Å². The fraction of sp³-hybridized carbons (Fsp3) is 0.323. The van der Waals surface area contributed by atoms with Crippen LogP contribution in [0.5, 0.6) is 0 Å². The van der Waals surface area contributed by atoms with Gasteiger partial charge in [0.1, 0.15) is 6.10 Å². The normalized spacial score (nSPS) is 17.8. The highest BCUT2D eigenvalue weighted by Gasteiger charge is 2.40. The predicted octanol–water partition coefficient (Wildman–Crippen LogP) is 6.03. The van der Waals surface area contributed by atoms with Gasteiger partial charge in [-0.3, -0.25) is 9.80 Å². The van der Waals surface area contributed by atoms with Crippen molar-refractivity contribution in [3.8, 4) is 11.4 Å². The van der Waals surface area contributed by atoms with E-state index in [1.807, 2.05) is 4.90 Å². The number of halogens is 7. The van der Waals surface area contributed by atoms with E-state index in [0.29, 0.717) is 49.6 Å². The summed E-state index contributed by atoms with van der Waals surface area (Å²) in [6, 6.07) is 15.0. The molecule has 52 heavy (non-hydrogen) atoms. The number of carbonyl (C=O) groups excluding carboxylic acids is 1. The number of anilines is 1. The van der Waals surface area contributed by atoms with Gasteiger partial charge >= 0.3 is 18.4 Å². The summed E-state index contributed by atoms with van der Waals surface area (Å²) < 4.78 is 136. The maximum atomic E-state index is 13.4. The Morgan fingerprint density at radius 1 is 0.808 bits per heavy atom. The van der Waals surface area contributed by atoms with Gasteiger partial charge in [-0.2, -0.15) is 35.6 Å². The van der Waals surface area contributed by atoms with Gasteiger partial charge in [0, 0.05) is 61.6 Å². The van der Waals surface area contributed by atoms with Crippen LogP contribution in [0.2, 0.25) is 0 Å². The number of piperazine rings is 1. The summed E-state index contributed by atoms with van der Waals surface area (Å²) in [6.07, 6.45) is -10.5. The number of alkyl halides is 6. The van der Waals surface area contributed by atoms with Gasteiger partial charge in [0.2, 0.25) is 21.7 Å². The summed E-state index contributed by atoms with van der Waals surface area (Å²) >= 11 is 0. The lowest BCUT2D eigenvalue weighted by molar-refractivity contribution is -0.140. The molecule has 2 fully saturated rings. The van der Waals surface area contributed by atoms with Crippen LogP contribution in [0.25, 0.3) is 11.4 Å². The van der Waals surface area contributed by atoms with E-state index in [0.717, 1.165) is 40.2 Å². The Morgan fingerprint density at radius 3 is 1.85 bits per heavy atom. The fourth-order valence-corrected chi connectivity index (χ4v) is 8.18. The Kier molecular flexibility index (Phi) is 11.3. The van der Waals surface area contributed by atoms with E-state index in [1.165, 1.54) is 17.0 Å². The average Bonchev–Trinajstić information content (AvgIpc) is 3.69. The summed E-state index contributed by atoms with van der Waals surface area (Å²) in [5, 5.41) is 3.87. The third-order valence-electron chi connectivity index (χ3n) is 7.90. The molecule has 4 aromatic rings. The third kappa shape index (κ3) is 9.03. The molecule has 2 aliphatic heterocycles. The first kappa shape index (κ1) is 39.0. The van der Waals surface area contributed by atoms with Crippen LogP contribution < -0.4 is 4.90 Å². The number of cyclic esters (lactones) is 1. The van der Waals surface area contributed by atoms with Crippen molar-refractivity contribution in [3.63, 3.8) is 0 Å². The maximum Gasteiger partial charge on any atom is 0.417 e. The molecule has 1 atom stereocenters. The fourth-order valence-electron chi connectivity index (χ4n) is 5.45. The minimum Gasteiger partial charge on any atom is -0.443 e. The van der Waals surface area contributed by atoms with E-state index in [1.54, 1.807) is 31.2 Å². The number of aryl methyl sites for hydroxylation is 1. The molecule has 3 heterocycles. The van der Waals surface area contributed by atoms with Crippen molar-refractivity contribution >= 4 is 41.5 Å². The van der Waals surface area contributed by atoms with Crippen molar-refractivity contribution in [1.82, 2.24) is 19.3 Å². The smallest absolute Gasteiger partial charge is 0.417 e. The number of hydrogen-bond acceptors (Lipinski definition) is 10. The van der Waals surface area contributed by atoms with Gasteiger partial charge in [-0.25, -0.2) is 21.6 Å². The Hall–Kier alpha value is -4.24. The highest BCUT2D eigenvalue weighted by Crippen LogP contribution is 2.36. The van der Waals surface area contributed by atoms with Gasteiger partial charge in [-0.15, -0.1) is 0 Å². The van der Waals surface area contributed by atoms with Crippen LogP contribution >= 0.6 is 10.7 Å². The first-order valence-corrected chi connectivity index (χ1v) is 18.9. The van der Waals surface area contributed by atoms with Gasteiger partial charge in [0.25, 0.3) is 9.05 Å². The molecule has 2 saturated heterocycles. The standard InChI is InChI=1S/C24H24F3N5O5S.C7H4ClF3O2S/c1-16-28-22(29-37-16)17-6-8-18(9-7-17)32-15-19(36-23(32)33)14-30-10-12-31(13-11-30)38(34,35)21-5-3-2-4-20(21)24(25,26)27;8-14(12,13)6-4-2-1-3-5(6)7(9,10)11/h2-9,19H,10-15H2,1H3;1-4H. The molecule has 21 heteroatoms. The number of hydrogen-bond donors (Lipinski definition) is 0. The first-order valence-electron chi connectivity index (χ1n) is 15.1. The summed E-state index contributed by atoms with van der Waals surface area (Å²) in [5.74, 6) is 0.888. The van der Waals surface area contributed by atoms with Gasteiger partial charge < -0.3 is 9.26 Å². The van der Waals surface area contributed by atoms with Crippen LogP contribution in [0, 0.1) is 6.92 Å². The second kappa shape index (κ2) is 15.0. The molecule has 1 aromatic heterocycles. The third-order valence-corrected chi connectivity index (χ3v) is 11.2. The maximum absolute atomic E-state index is 13.4. The Balaban J connectivity index is 0.000000314. The Bertz CT molecular complexity index is 2120. The van der Waals surface area contributed by atoms with E-state index < -0.39 is 64.5 Å². The van der Waals surface area contributed by atoms with E-state index in [4.69, 9.17) is 19.9 Å². The predicted molar refractivity (Wildman–Crippen MR) is 173 cm³/mol. The minimum absolute atomic E-state index is 0.0237. The summed E-state index contributed by atoms with van der Waals surface area (Å²) in [7, 11) is -3.85. The molecule has 2 aliphatic rings. The summed E-state index contributed by atoms with van der Waals surface area (Å²) in [6.45, 7) is 3.00. The zero-order valence-corrected chi connectivity index (χ0v) is 29.2. The number of rotatable bonds is 7. The van der Waals surface area contributed by atoms with Crippen molar-refractivity contribution in [3.05, 3.63) is 89.8 Å². The molecule has 0 spiro atoms. The molecule has 3 aromatic carbocycles. The molecule has 0 aliphatic carbocycles. The van der Waals surface area contributed by atoms with Crippen LogP contribution in [0.4, 0.5) is 36.8 Å². The van der Waals surface area contributed by atoms with Gasteiger partial charge in [0.15, 0.2) is 0 Å². The van der Waals surface area contributed by atoms with E-state index >= 15 is 0 Å². The quantitative estimate of drug-likeness (QED) is 0.161. The number of ether oxygens (including phenoxy) is 1. The molecule has 6 rings (SSSR count). The van der Waals surface area contributed by atoms with Crippen LogP contribution in [0.3, 0.4) is 0 Å².